The third-order valence-electron chi connectivity index (χ3n) is 4.16. The minimum absolute atomic E-state index is 0.0322. The Labute approximate surface area is 165 Å². The van der Waals surface area contributed by atoms with Crippen LogP contribution in [0.3, 0.4) is 0 Å². The van der Waals surface area contributed by atoms with Crippen molar-refractivity contribution in [2.45, 2.75) is 13.8 Å². The topological polar surface area (TPSA) is 102 Å². The number of non-ortho nitro benzene ring substituents is 1. The molecule has 0 unspecified atom stereocenters. The van der Waals surface area contributed by atoms with E-state index in [0.717, 1.165) is 22.6 Å². The number of nitro groups is 1. The first-order valence-electron chi connectivity index (χ1n) is 8.26. The number of hydrogen-bond acceptors (Lipinski definition) is 5. The first-order chi connectivity index (χ1) is 13.4. The average Bonchev–Trinajstić information content (AvgIpc) is 2.95. The largest absolute Gasteiger partial charge is 0.318 e. The van der Waals surface area contributed by atoms with E-state index in [1.807, 2.05) is 24.5 Å². The molecule has 1 N–H and O–H groups in total. The number of nitrogens with one attached hydrogen (secondary N) is 1. The molecular formula is C19H16ClN5O3. The lowest BCUT2D eigenvalue weighted by molar-refractivity contribution is -0.384. The quantitative estimate of drug-likeness (QED) is 0.306. The molecule has 1 amide bonds. The monoisotopic (exact) mass is 397 g/mol. The highest BCUT2D eigenvalue weighted by Crippen LogP contribution is 2.22. The van der Waals surface area contributed by atoms with E-state index < -0.39 is 10.8 Å². The molecule has 0 aliphatic heterocycles. The second-order valence-corrected chi connectivity index (χ2v) is 6.33. The van der Waals surface area contributed by atoms with E-state index >= 15 is 0 Å². The zero-order valence-corrected chi connectivity index (χ0v) is 15.8. The number of nitro benzene ring substituents is 1. The molecule has 0 atom stereocenters. The molecule has 9 heteroatoms. The fraction of sp³-hybridized carbons (Fsp3) is 0.105. The third kappa shape index (κ3) is 3.91. The molecule has 2 aromatic heterocycles. The molecule has 0 radical (unpaired) electrons. The van der Waals surface area contributed by atoms with Crippen molar-refractivity contribution in [2.24, 2.45) is 5.10 Å². The van der Waals surface area contributed by atoms with E-state index in [1.54, 1.807) is 24.3 Å². The van der Waals surface area contributed by atoms with Crippen molar-refractivity contribution in [3.8, 4) is 5.69 Å². The van der Waals surface area contributed by atoms with Crippen LogP contribution in [0.2, 0.25) is 5.15 Å². The molecule has 142 valence electrons. The Morgan fingerprint density at radius 1 is 1.29 bits per heavy atom. The predicted molar refractivity (Wildman–Crippen MR) is 106 cm³/mol. The van der Waals surface area contributed by atoms with E-state index in [-0.39, 0.29) is 16.4 Å². The Morgan fingerprint density at radius 2 is 2.00 bits per heavy atom. The van der Waals surface area contributed by atoms with E-state index in [9.17, 15) is 14.9 Å². The molecule has 0 aliphatic rings. The van der Waals surface area contributed by atoms with Gasteiger partial charge in [0.2, 0.25) is 0 Å². The number of halogens is 1. The Balaban J connectivity index is 1.80. The number of nitrogens with zero attached hydrogens (tertiary/aromatic N) is 4. The zero-order valence-electron chi connectivity index (χ0n) is 15.1. The molecule has 28 heavy (non-hydrogen) atoms. The first kappa shape index (κ1) is 19.2. The van der Waals surface area contributed by atoms with Gasteiger partial charge in [-0.3, -0.25) is 14.9 Å². The number of aromatic nitrogens is 2. The van der Waals surface area contributed by atoms with Crippen molar-refractivity contribution in [3.05, 3.63) is 86.4 Å². The van der Waals surface area contributed by atoms with E-state index in [2.05, 4.69) is 15.5 Å². The van der Waals surface area contributed by atoms with Crippen LogP contribution in [0.4, 0.5) is 5.69 Å². The highest BCUT2D eigenvalue weighted by Gasteiger charge is 2.12. The Hall–Kier alpha value is -3.52. The van der Waals surface area contributed by atoms with Crippen molar-refractivity contribution in [1.82, 2.24) is 15.0 Å². The van der Waals surface area contributed by atoms with Crippen LogP contribution in [0.1, 0.15) is 27.3 Å². The SMILES string of the molecule is Cc1cc(C=NNC(=O)c2cccnc2Cl)c(C)n1-c1ccc([N+](=O)[O-])cc1. The number of rotatable bonds is 5. The number of hydrogen-bond donors (Lipinski definition) is 1. The molecule has 0 saturated carbocycles. The van der Waals surface area contributed by atoms with Gasteiger partial charge in [-0.2, -0.15) is 5.10 Å². The summed E-state index contributed by atoms with van der Waals surface area (Å²) in [5, 5.41) is 14.9. The number of benzene rings is 1. The van der Waals surface area contributed by atoms with Gasteiger partial charge in [0.05, 0.1) is 16.7 Å². The van der Waals surface area contributed by atoms with Crippen LogP contribution >= 0.6 is 11.6 Å². The summed E-state index contributed by atoms with van der Waals surface area (Å²) in [6.07, 6.45) is 3.03. The lowest BCUT2D eigenvalue weighted by Gasteiger charge is -2.09. The summed E-state index contributed by atoms with van der Waals surface area (Å²) in [5.74, 6) is -0.460. The van der Waals surface area contributed by atoms with Gasteiger partial charge in [-0.15, -0.1) is 0 Å². The minimum Gasteiger partial charge on any atom is -0.318 e. The van der Waals surface area contributed by atoms with Crippen LogP contribution in [0.5, 0.6) is 0 Å². The second-order valence-electron chi connectivity index (χ2n) is 5.98. The summed E-state index contributed by atoms with van der Waals surface area (Å²) in [6.45, 7) is 3.81. The first-order valence-corrected chi connectivity index (χ1v) is 8.64. The maximum atomic E-state index is 12.1. The Morgan fingerprint density at radius 3 is 2.64 bits per heavy atom. The summed E-state index contributed by atoms with van der Waals surface area (Å²) in [6, 6.07) is 11.4. The van der Waals surface area contributed by atoms with E-state index in [0.29, 0.717) is 0 Å². The molecule has 1 aromatic carbocycles. The van der Waals surface area contributed by atoms with Crippen molar-refractivity contribution in [2.75, 3.05) is 0 Å². The average molecular weight is 398 g/mol. The molecule has 0 bridgehead atoms. The number of aryl methyl sites for hydroxylation is 1. The maximum Gasteiger partial charge on any atom is 0.274 e. The number of hydrazone groups is 1. The number of carbonyl (C=O) groups excluding carboxylic acids is 1. The summed E-state index contributed by atoms with van der Waals surface area (Å²) in [4.78, 5) is 26.3. The predicted octanol–water partition coefficient (Wildman–Crippen LogP) is 3.81. The standard InChI is InChI=1S/C19H16ClN5O3/c1-12-10-14(11-22-23-19(26)17-4-3-9-21-18(17)20)13(2)24(12)15-5-7-16(8-6-15)25(27)28/h3-11H,1-2H3,(H,23,26). The van der Waals surface area contributed by atoms with Gasteiger partial charge < -0.3 is 4.57 Å². The smallest absolute Gasteiger partial charge is 0.274 e. The molecule has 8 nitrogen and oxygen atoms in total. The summed E-state index contributed by atoms with van der Waals surface area (Å²) in [5.41, 5.74) is 6.09. The van der Waals surface area contributed by atoms with Gasteiger partial charge in [0.25, 0.3) is 11.6 Å². The van der Waals surface area contributed by atoms with Crippen LogP contribution < -0.4 is 5.43 Å². The van der Waals surface area contributed by atoms with Gasteiger partial charge in [0.15, 0.2) is 0 Å². The third-order valence-corrected chi connectivity index (χ3v) is 4.46. The summed E-state index contributed by atoms with van der Waals surface area (Å²) >= 11 is 5.89. The fourth-order valence-corrected chi connectivity index (χ4v) is 3.02. The molecule has 0 aliphatic carbocycles. The normalized spacial score (nSPS) is 11.0. The molecule has 2 heterocycles. The lowest BCUT2D eigenvalue weighted by atomic mass is 10.2. The van der Waals surface area contributed by atoms with Gasteiger partial charge in [-0.1, -0.05) is 11.6 Å². The molecular weight excluding hydrogens is 382 g/mol. The van der Waals surface area contributed by atoms with Crippen LogP contribution in [0, 0.1) is 24.0 Å². The van der Waals surface area contributed by atoms with Crippen LogP contribution in [0.15, 0.2) is 53.8 Å². The van der Waals surface area contributed by atoms with Gasteiger partial charge in [0, 0.05) is 41.0 Å². The van der Waals surface area contributed by atoms with Crippen molar-refractivity contribution in [3.63, 3.8) is 0 Å². The molecule has 3 rings (SSSR count). The lowest BCUT2D eigenvalue weighted by Crippen LogP contribution is -2.18. The Kier molecular flexibility index (Phi) is 5.51. The van der Waals surface area contributed by atoms with Crippen LogP contribution in [-0.2, 0) is 0 Å². The maximum absolute atomic E-state index is 12.1. The highest BCUT2D eigenvalue weighted by atomic mass is 35.5. The van der Waals surface area contributed by atoms with Gasteiger partial charge in [-0.05, 0) is 44.2 Å². The van der Waals surface area contributed by atoms with Crippen LogP contribution in [0.25, 0.3) is 5.69 Å². The van der Waals surface area contributed by atoms with Crippen LogP contribution in [-0.4, -0.2) is 26.6 Å². The van der Waals surface area contributed by atoms with Crippen molar-refractivity contribution >= 4 is 29.4 Å². The molecule has 3 aromatic rings. The van der Waals surface area contributed by atoms with Gasteiger partial charge in [-0.25, -0.2) is 10.4 Å². The second kappa shape index (κ2) is 8.01. The summed E-state index contributed by atoms with van der Waals surface area (Å²) < 4.78 is 1.95. The van der Waals surface area contributed by atoms with E-state index in [4.69, 9.17) is 11.6 Å². The fourth-order valence-electron chi connectivity index (χ4n) is 2.82. The number of amides is 1. The highest BCUT2D eigenvalue weighted by molar-refractivity contribution is 6.32. The minimum atomic E-state index is -0.460. The summed E-state index contributed by atoms with van der Waals surface area (Å²) in [7, 11) is 0. The Bertz CT molecular complexity index is 1070. The van der Waals surface area contributed by atoms with E-state index in [1.165, 1.54) is 24.5 Å². The zero-order chi connectivity index (χ0) is 20.3. The molecule has 0 saturated heterocycles. The van der Waals surface area contributed by atoms with Crippen molar-refractivity contribution in [1.29, 1.82) is 0 Å². The van der Waals surface area contributed by atoms with Gasteiger partial charge >= 0.3 is 0 Å². The van der Waals surface area contributed by atoms with Gasteiger partial charge in [0.1, 0.15) is 5.15 Å². The number of carbonyl (C=O) groups is 1. The van der Waals surface area contributed by atoms with Crippen molar-refractivity contribution < 1.29 is 9.72 Å². The number of pyridine rings is 1. The molecule has 0 spiro atoms. The molecule has 0 fully saturated rings.